The maximum absolute atomic E-state index is 5.50. The maximum Gasteiger partial charge on any atom is 0.321 e. The second kappa shape index (κ2) is 6.56. The summed E-state index contributed by atoms with van der Waals surface area (Å²) in [5.41, 5.74) is 0.859. The Kier molecular flexibility index (Phi) is 4.78. The van der Waals surface area contributed by atoms with E-state index in [1.54, 1.807) is 0 Å². The molecule has 0 saturated carbocycles. The van der Waals surface area contributed by atoms with Gasteiger partial charge in [0.05, 0.1) is 12.8 Å². The van der Waals surface area contributed by atoms with Crippen molar-refractivity contribution < 1.29 is 9.15 Å². The number of nitrogens with one attached hydrogen (secondary N) is 1. The minimum absolute atomic E-state index is 0.265. The van der Waals surface area contributed by atoms with E-state index < -0.39 is 0 Å². The van der Waals surface area contributed by atoms with E-state index >= 15 is 0 Å². The van der Waals surface area contributed by atoms with Crippen molar-refractivity contribution in [1.82, 2.24) is 19.9 Å². The van der Waals surface area contributed by atoms with Gasteiger partial charge in [0, 0.05) is 18.3 Å². The molecule has 0 aliphatic rings. The lowest BCUT2D eigenvalue weighted by molar-refractivity contribution is 0.373. The molecule has 0 radical (unpaired) electrons. The molecule has 0 atom stereocenters. The molecule has 2 aromatic rings. The van der Waals surface area contributed by atoms with E-state index in [0.717, 1.165) is 24.4 Å². The van der Waals surface area contributed by atoms with Crippen LogP contribution in [-0.4, -0.2) is 33.6 Å². The van der Waals surface area contributed by atoms with Gasteiger partial charge in [-0.1, -0.05) is 6.92 Å². The molecule has 2 rings (SSSR count). The number of methoxy groups -OCH3 is 1. The molecular formula is C12H17N5O2S. The molecule has 0 aliphatic heterocycles. The van der Waals surface area contributed by atoms with Gasteiger partial charge in [0.25, 0.3) is 5.22 Å². The Morgan fingerprint density at radius 3 is 2.60 bits per heavy atom. The van der Waals surface area contributed by atoms with Crippen LogP contribution in [0.25, 0.3) is 0 Å². The molecule has 0 aliphatic carbocycles. The zero-order chi connectivity index (χ0) is 14.5. The van der Waals surface area contributed by atoms with Gasteiger partial charge in [0.2, 0.25) is 11.1 Å². The predicted molar refractivity (Wildman–Crippen MR) is 75.3 cm³/mol. The van der Waals surface area contributed by atoms with Crippen LogP contribution < -0.4 is 10.1 Å². The molecule has 20 heavy (non-hydrogen) atoms. The van der Waals surface area contributed by atoms with Crippen LogP contribution in [0.1, 0.15) is 24.8 Å². The van der Waals surface area contributed by atoms with Crippen molar-refractivity contribution in [3.8, 4) is 6.01 Å². The van der Waals surface area contributed by atoms with Crippen LogP contribution >= 0.6 is 11.8 Å². The Hall–Kier alpha value is -1.83. The number of aryl methyl sites for hydroxylation is 2. The monoisotopic (exact) mass is 295 g/mol. The third kappa shape index (κ3) is 3.60. The number of rotatable bonds is 6. The molecule has 0 fully saturated rings. The zero-order valence-electron chi connectivity index (χ0n) is 11.9. The van der Waals surface area contributed by atoms with Gasteiger partial charge in [-0.25, -0.2) is 4.98 Å². The summed E-state index contributed by atoms with van der Waals surface area (Å²) in [4.78, 5) is 16.9. The number of anilines is 1. The number of hydrogen-bond donors (Lipinski definition) is 1. The van der Waals surface area contributed by atoms with Crippen LogP contribution in [0.3, 0.4) is 0 Å². The highest BCUT2D eigenvalue weighted by molar-refractivity contribution is 7.98. The molecule has 0 bridgehead atoms. The van der Waals surface area contributed by atoms with E-state index in [4.69, 9.17) is 9.15 Å². The highest BCUT2D eigenvalue weighted by atomic mass is 32.2. The van der Waals surface area contributed by atoms with Gasteiger partial charge in [0.15, 0.2) is 0 Å². The molecule has 7 nitrogen and oxygen atoms in total. The third-order valence-corrected chi connectivity index (χ3v) is 3.21. The Morgan fingerprint density at radius 2 is 2.00 bits per heavy atom. The average molecular weight is 295 g/mol. The van der Waals surface area contributed by atoms with Gasteiger partial charge in [-0.05, 0) is 20.3 Å². The van der Waals surface area contributed by atoms with E-state index in [1.807, 2.05) is 13.8 Å². The Morgan fingerprint density at radius 1 is 1.20 bits per heavy atom. The van der Waals surface area contributed by atoms with E-state index in [1.165, 1.54) is 18.9 Å². The van der Waals surface area contributed by atoms with Crippen molar-refractivity contribution in [3.05, 3.63) is 11.5 Å². The number of hydrogen-bond acceptors (Lipinski definition) is 8. The summed E-state index contributed by atoms with van der Waals surface area (Å²) < 4.78 is 10.6. The average Bonchev–Trinajstić information content (AvgIpc) is 2.74. The minimum Gasteiger partial charge on any atom is -0.467 e. The Bertz CT molecular complexity index is 568. The Balaban J connectivity index is 2.21. The van der Waals surface area contributed by atoms with Crippen LogP contribution in [0.15, 0.2) is 14.8 Å². The molecule has 2 heterocycles. The van der Waals surface area contributed by atoms with Gasteiger partial charge in [-0.2, -0.15) is 15.0 Å². The van der Waals surface area contributed by atoms with E-state index in [0.29, 0.717) is 16.3 Å². The van der Waals surface area contributed by atoms with Crippen molar-refractivity contribution in [2.24, 2.45) is 0 Å². The third-order valence-electron chi connectivity index (χ3n) is 2.50. The summed E-state index contributed by atoms with van der Waals surface area (Å²) in [6.45, 7) is 6.62. The fraction of sp³-hybridized carbons (Fsp3) is 0.500. The summed E-state index contributed by atoms with van der Waals surface area (Å²) in [6, 6.07) is 0.265. The summed E-state index contributed by atoms with van der Waals surface area (Å²) in [5, 5.41) is 4.10. The summed E-state index contributed by atoms with van der Waals surface area (Å²) >= 11 is 1.24. The van der Waals surface area contributed by atoms with E-state index in [9.17, 15) is 0 Å². The van der Waals surface area contributed by atoms with Crippen LogP contribution in [0, 0.1) is 13.8 Å². The molecule has 2 aromatic heterocycles. The number of oxazole rings is 1. The Labute approximate surface area is 121 Å². The summed E-state index contributed by atoms with van der Waals surface area (Å²) in [7, 11) is 1.52. The van der Waals surface area contributed by atoms with Gasteiger partial charge >= 0.3 is 6.01 Å². The minimum atomic E-state index is 0.265. The predicted octanol–water partition coefficient (Wildman–Crippen LogP) is 2.46. The van der Waals surface area contributed by atoms with E-state index in [-0.39, 0.29) is 6.01 Å². The molecule has 0 unspecified atom stereocenters. The molecule has 8 heteroatoms. The molecular weight excluding hydrogens is 278 g/mol. The highest BCUT2D eigenvalue weighted by Crippen LogP contribution is 2.27. The van der Waals surface area contributed by atoms with E-state index in [2.05, 4.69) is 32.2 Å². The molecule has 0 saturated heterocycles. The number of aromatic nitrogens is 4. The molecule has 0 amide bonds. The SMILES string of the molecule is CCCNc1nc(OC)nc(Sc2nc(C)c(C)o2)n1. The first-order valence-electron chi connectivity index (χ1n) is 6.28. The zero-order valence-corrected chi connectivity index (χ0v) is 12.7. The lowest BCUT2D eigenvalue weighted by Gasteiger charge is -2.05. The first-order valence-corrected chi connectivity index (χ1v) is 7.09. The molecule has 0 spiro atoms. The highest BCUT2D eigenvalue weighted by Gasteiger charge is 2.12. The van der Waals surface area contributed by atoms with Gasteiger partial charge in [-0.3, -0.25) is 0 Å². The fourth-order valence-electron chi connectivity index (χ4n) is 1.36. The number of ether oxygens (including phenoxy) is 1. The standard InChI is InChI=1S/C12H17N5O2S/c1-5-6-13-9-15-10(18-4)17-11(16-9)20-12-14-7(2)8(3)19-12/h5-6H2,1-4H3,(H,13,15,16,17). The fourth-order valence-corrected chi connectivity index (χ4v) is 2.12. The molecule has 0 aromatic carbocycles. The largest absolute Gasteiger partial charge is 0.467 e. The normalized spacial score (nSPS) is 10.6. The van der Waals surface area contributed by atoms with Crippen molar-refractivity contribution >= 4 is 17.7 Å². The lowest BCUT2D eigenvalue weighted by atomic mass is 10.4. The van der Waals surface area contributed by atoms with Crippen LogP contribution in [-0.2, 0) is 0 Å². The van der Waals surface area contributed by atoms with Gasteiger partial charge in [-0.15, -0.1) is 0 Å². The van der Waals surface area contributed by atoms with Gasteiger partial charge in [0.1, 0.15) is 5.76 Å². The van der Waals surface area contributed by atoms with Gasteiger partial charge < -0.3 is 14.5 Å². The number of nitrogens with zero attached hydrogens (tertiary/aromatic N) is 4. The maximum atomic E-state index is 5.50. The topological polar surface area (TPSA) is 86.0 Å². The second-order valence-corrected chi connectivity index (χ2v) is 5.00. The molecule has 1 N–H and O–H groups in total. The smallest absolute Gasteiger partial charge is 0.321 e. The van der Waals surface area contributed by atoms with Crippen LogP contribution in [0.2, 0.25) is 0 Å². The van der Waals surface area contributed by atoms with Crippen molar-refractivity contribution in [2.75, 3.05) is 19.0 Å². The first kappa shape index (κ1) is 14.6. The molecule has 108 valence electrons. The quantitative estimate of drug-likeness (QED) is 0.869. The van der Waals surface area contributed by atoms with Crippen molar-refractivity contribution in [2.45, 2.75) is 37.6 Å². The van der Waals surface area contributed by atoms with Crippen molar-refractivity contribution in [3.63, 3.8) is 0 Å². The van der Waals surface area contributed by atoms with Crippen LogP contribution in [0.5, 0.6) is 6.01 Å². The van der Waals surface area contributed by atoms with Crippen LogP contribution in [0.4, 0.5) is 5.95 Å². The van der Waals surface area contributed by atoms with Crippen molar-refractivity contribution in [1.29, 1.82) is 0 Å². The summed E-state index contributed by atoms with van der Waals surface area (Å²) in [5.74, 6) is 1.28. The second-order valence-electron chi connectivity index (χ2n) is 4.08. The first-order chi connectivity index (χ1) is 9.62. The lowest BCUT2D eigenvalue weighted by Crippen LogP contribution is -2.07. The summed E-state index contributed by atoms with van der Waals surface area (Å²) in [6.07, 6.45) is 0.981.